The molecule has 2 aliphatic rings. The van der Waals surface area contributed by atoms with Gasteiger partial charge in [0.05, 0.1) is 13.1 Å². The first-order valence-corrected chi connectivity index (χ1v) is 9.03. The molecule has 1 heteroatoms. The molecule has 1 fully saturated rings. The van der Waals surface area contributed by atoms with Gasteiger partial charge < -0.3 is 4.90 Å². The van der Waals surface area contributed by atoms with E-state index in [0.29, 0.717) is 6.04 Å². The van der Waals surface area contributed by atoms with Gasteiger partial charge in [0.1, 0.15) is 6.04 Å². The van der Waals surface area contributed by atoms with Gasteiger partial charge in [0.25, 0.3) is 0 Å². The maximum Gasteiger partial charge on any atom is 0.107 e. The second kappa shape index (κ2) is 5.98. The first-order valence-electron chi connectivity index (χ1n) is 9.03. The van der Waals surface area contributed by atoms with Crippen LogP contribution in [0.2, 0.25) is 0 Å². The Morgan fingerprint density at radius 3 is 1.96 bits per heavy atom. The van der Waals surface area contributed by atoms with Gasteiger partial charge in [0.15, 0.2) is 0 Å². The number of nitrogens with one attached hydrogen (secondary N) is 1. The zero-order valence-electron chi connectivity index (χ0n) is 14.2. The van der Waals surface area contributed by atoms with Crippen LogP contribution in [0.1, 0.15) is 42.5 Å². The zero-order chi connectivity index (χ0) is 15.8. The lowest BCUT2D eigenvalue weighted by molar-refractivity contribution is -0.905. The second-order valence-corrected chi connectivity index (χ2v) is 6.95. The van der Waals surface area contributed by atoms with Crippen LogP contribution < -0.4 is 4.90 Å². The summed E-state index contributed by atoms with van der Waals surface area (Å²) in [6.07, 6.45) is 3.55. The topological polar surface area (TPSA) is 4.44 Å². The third kappa shape index (κ3) is 2.44. The summed E-state index contributed by atoms with van der Waals surface area (Å²) < 4.78 is 0. The van der Waals surface area contributed by atoms with Crippen molar-refractivity contribution in [3.63, 3.8) is 0 Å². The molecule has 0 saturated carbocycles. The van der Waals surface area contributed by atoms with E-state index in [1.54, 1.807) is 16.0 Å². The van der Waals surface area contributed by atoms with Crippen LogP contribution in [0, 0.1) is 0 Å². The Balaban J connectivity index is 1.98. The fraction of sp³-hybridized carbons (Fsp3) is 0.364. The third-order valence-corrected chi connectivity index (χ3v) is 5.86. The minimum atomic E-state index is 0.634. The van der Waals surface area contributed by atoms with Crippen LogP contribution in [0.3, 0.4) is 0 Å². The third-order valence-electron chi connectivity index (χ3n) is 5.86. The van der Waals surface area contributed by atoms with Gasteiger partial charge >= 0.3 is 0 Å². The average molecular weight is 304 g/mol. The molecule has 0 amide bonds. The van der Waals surface area contributed by atoms with Crippen LogP contribution in [0.5, 0.6) is 0 Å². The molecule has 1 aliphatic heterocycles. The average Bonchev–Trinajstić information content (AvgIpc) is 2.87. The lowest BCUT2D eigenvalue weighted by Gasteiger charge is -2.20. The highest BCUT2D eigenvalue weighted by Crippen LogP contribution is 2.37. The first-order chi connectivity index (χ1) is 11.3. The van der Waals surface area contributed by atoms with Gasteiger partial charge in [-0.3, -0.25) is 0 Å². The highest BCUT2D eigenvalue weighted by Gasteiger charge is 2.32. The van der Waals surface area contributed by atoms with Crippen molar-refractivity contribution >= 4 is 5.57 Å². The molecule has 0 spiro atoms. The quantitative estimate of drug-likeness (QED) is 0.824. The van der Waals surface area contributed by atoms with Gasteiger partial charge in [-0.05, 0) is 54.5 Å². The summed E-state index contributed by atoms with van der Waals surface area (Å²) in [6, 6.07) is 18.8. The van der Waals surface area contributed by atoms with Crippen LogP contribution in [-0.2, 0) is 12.8 Å². The van der Waals surface area contributed by atoms with Crippen molar-refractivity contribution in [2.24, 2.45) is 0 Å². The van der Waals surface area contributed by atoms with Crippen LogP contribution in [0.4, 0.5) is 0 Å². The summed E-state index contributed by atoms with van der Waals surface area (Å²) in [5, 5.41) is 0. The first kappa shape index (κ1) is 14.7. The highest BCUT2D eigenvalue weighted by molar-refractivity contribution is 5.86. The van der Waals surface area contributed by atoms with E-state index in [0.717, 1.165) is 12.8 Å². The fourth-order valence-electron chi connectivity index (χ4n) is 4.52. The van der Waals surface area contributed by atoms with Crippen molar-refractivity contribution in [2.75, 3.05) is 13.1 Å². The fourth-order valence-corrected chi connectivity index (χ4v) is 4.52. The molecule has 23 heavy (non-hydrogen) atoms. The Morgan fingerprint density at radius 2 is 1.43 bits per heavy atom. The number of rotatable bonds is 1. The van der Waals surface area contributed by atoms with Gasteiger partial charge in [0.2, 0.25) is 0 Å². The smallest absolute Gasteiger partial charge is 0.107 e. The van der Waals surface area contributed by atoms with Crippen LogP contribution in [-0.4, -0.2) is 19.1 Å². The number of fused-ring (bicyclic) bond motifs is 2. The summed E-state index contributed by atoms with van der Waals surface area (Å²) in [5.41, 5.74) is 9.22. The molecular weight excluding hydrogens is 278 g/mol. The monoisotopic (exact) mass is 304 g/mol. The van der Waals surface area contributed by atoms with E-state index in [-0.39, 0.29) is 0 Å². The summed E-state index contributed by atoms with van der Waals surface area (Å²) in [5.74, 6) is 0. The van der Waals surface area contributed by atoms with Crippen molar-refractivity contribution in [1.29, 1.82) is 0 Å². The number of quaternary nitrogens is 1. The number of benzene rings is 2. The highest BCUT2D eigenvalue weighted by atomic mass is 15.2. The van der Waals surface area contributed by atoms with Gasteiger partial charge in [0, 0.05) is 12.0 Å². The number of aryl methyl sites for hydroxylation is 2. The largest absolute Gasteiger partial charge is 0.329 e. The van der Waals surface area contributed by atoms with Crippen molar-refractivity contribution in [2.45, 2.75) is 39.2 Å². The zero-order valence-corrected chi connectivity index (χ0v) is 14.2. The molecule has 1 saturated heterocycles. The SMILES string of the molecule is CC[NH+]1CCC(=C2c3ccccc3CCc3ccccc32)C1C. The Hall–Kier alpha value is -1.86. The molecule has 1 aliphatic carbocycles. The van der Waals surface area contributed by atoms with Crippen molar-refractivity contribution < 1.29 is 4.90 Å². The van der Waals surface area contributed by atoms with Gasteiger partial charge in [-0.25, -0.2) is 0 Å². The van der Waals surface area contributed by atoms with E-state index in [9.17, 15) is 0 Å². The lowest BCUT2D eigenvalue weighted by Crippen LogP contribution is -3.13. The number of likely N-dealkylation sites (tertiary alicyclic amines) is 1. The summed E-state index contributed by atoms with van der Waals surface area (Å²) >= 11 is 0. The van der Waals surface area contributed by atoms with E-state index >= 15 is 0 Å². The molecule has 0 radical (unpaired) electrons. The predicted octanol–water partition coefficient (Wildman–Crippen LogP) is 3.28. The summed E-state index contributed by atoms with van der Waals surface area (Å²) in [6.45, 7) is 7.24. The summed E-state index contributed by atoms with van der Waals surface area (Å²) in [7, 11) is 0. The Kier molecular flexibility index (Phi) is 3.82. The minimum Gasteiger partial charge on any atom is -0.329 e. The van der Waals surface area contributed by atoms with E-state index in [2.05, 4.69) is 62.4 Å². The molecule has 0 aromatic heterocycles. The standard InChI is InChI=1S/C22H25N/c1-3-23-15-14-19(16(23)2)22-20-10-6-4-8-17(20)12-13-18-9-5-7-11-21(18)22/h4-11,16H,3,12-15H2,1-2H3/p+1. The van der Waals surface area contributed by atoms with Gasteiger partial charge in [-0.15, -0.1) is 0 Å². The Morgan fingerprint density at radius 1 is 0.870 bits per heavy atom. The van der Waals surface area contributed by atoms with Crippen molar-refractivity contribution in [1.82, 2.24) is 0 Å². The van der Waals surface area contributed by atoms with E-state index in [1.807, 2.05) is 0 Å². The van der Waals surface area contributed by atoms with E-state index in [4.69, 9.17) is 0 Å². The lowest BCUT2D eigenvalue weighted by atomic mass is 9.87. The molecule has 2 atom stereocenters. The van der Waals surface area contributed by atoms with Crippen molar-refractivity contribution in [3.05, 3.63) is 76.4 Å². The normalized spacial score (nSPS) is 23.4. The number of hydrogen-bond donors (Lipinski definition) is 1. The molecule has 1 heterocycles. The van der Waals surface area contributed by atoms with E-state index in [1.165, 1.54) is 41.8 Å². The molecule has 0 bridgehead atoms. The maximum atomic E-state index is 2.42. The molecule has 2 unspecified atom stereocenters. The Bertz CT molecular complexity index is 707. The molecule has 2 aromatic rings. The molecule has 1 N–H and O–H groups in total. The van der Waals surface area contributed by atoms with Crippen molar-refractivity contribution in [3.8, 4) is 0 Å². The maximum absolute atomic E-state index is 2.42. The molecule has 2 aromatic carbocycles. The summed E-state index contributed by atoms with van der Waals surface area (Å²) in [4.78, 5) is 1.73. The second-order valence-electron chi connectivity index (χ2n) is 6.95. The molecular formula is C22H26N+. The van der Waals surface area contributed by atoms with Crippen LogP contribution >= 0.6 is 0 Å². The number of hydrogen-bond acceptors (Lipinski definition) is 0. The predicted molar refractivity (Wildman–Crippen MR) is 96.8 cm³/mol. The molecule has 4 rings (SSSR count). The van der Waals surface area contributed by atoms with Crippen LogP contribution in [0.15, 0.2) is 54.1 Å². The van der Waals surface area contributed by atoms with Crippen LogP contribution in [0.25, 0.3) is 5.57 Å². The minimum absolute atomic E-state index is 0.634. The van der Waals surface area contributed by atoms with Gasteiger partial charge in [-0.1, -0.05) is 48.5 Å². The molecule has 1 nitrogen and oxygen atoms in total. The Labute approximate surface area is 139 Å². The molecule has 118 valence electrons. The van der Waals surface area contributed by atoms with Gasteiger partial charge in [-0.2, -0.15) is 0 Å². The van der Waals surface area contributed by atoms with E-state index < -0.39 is 0 Å². The number of likely N-dealkylation sites (N-methyl/N-ethyl adjacent to an activating group) is 1.